The Kier molecular flexibility index (Phi) is 4.96. The predicted molar refractivity (Wildman–Crippen MR) is 94.9 cm³/mol. The fourth-order valence-corrected chi connectivity index (χ4v) is 3.08. The fraction of sp³-hybridized carbons (Fsp3) is 0.350. The molecule has 23 heavy (non-hydrogen) atoms. The Morgan fingerprint density at radius 1 is 1.04 bits per heavy atom. The third-order valence-corrected chi connectivity index (χ3v) is 4.39. The molecule has 3 nitrogen and oxygen atoms in total. The Morgan fingerprint density at radius 3 is 2.48 bits per heavy atom. The zero-order valence-corrected chi connectivity index (χ0v) is 13.7. The van der Waals surface area contributed by atoms with Crippen LogP contribution in [0.1, 0.15) is 40.7 Å². The number of amides is 1. The number of rotatable bonds is 4. The van der Waals surface area contributed by atoms with Crippen molar-refractivity contribution >= 4 is 11.6 Å². The molecule has 2 aromatic carbocycles. The van der Waals surface area contributed by atoms with Crippen molar-refractivity contribution in [2.45, 2.75) is 32.7 Å². The number of carbonyl (C=O) groups is 1. The minimum Gasteiger partial charge on any atom is -0.372 e. The summed E-state index contributed by atoms with van der Waals surface area (Å²) in [5.41, 5.74) is 4.28. The molecule has 1 amide bonds. The molecule has 1 aliphatic heterocycles. The van der Waals surface area contributed by atoms with E-state index in [1.165, 1.54) is 30.5 Å². The number of aryl methyl sites for hydroxylation is 1. The molecule has 1 aliphatic rings. The lowest BCUT2D eigenvalue weighted by molar-refractivity contribution is 0.0951. The third-order valence-electron chi connectivity index (χ3n) is 4.39. The second kappa shape index (κ2) is 7.32. The number of hydrogen-bond acceptors (Lipinski definition) is 2. The molecular formula is C20H24N2O. The molecule has 0 saturated carbocycles. The van der Waals surface area contributed by atoms with Crippen molar-refractivity contribution in [3.05, 3.63) is 65.2 Å². The molecule has 1 N–H and O–H groups in total. The van der Waals surface area contributed by atoms with Crippen LogP contribution in [-0.2, 0) is 6.54 Å². The lowest BCUT2D eigenvalue weighted by Gasteiger charge is -2.28. The largest absolute Gasteiger partial charge is 0.372 e. The number of anilines is 1. The lowest BCUT2D eigenvalue weighted by Crippen LogP contribution is -2.29. The van der Waals surface area contributed by atoms with Gasteiger partial charge in [0.2, 0.25) is 0 Å². The van der Waals surface area contributed by atoms with E-state index in [1.807, 2.05) is 24.3 Å². The highest BCUT2D eigenvalue weighted by atomic mass is 16.1. The van der Waals surface area contributed by atoms with E-state index in [0.717, 1.165) is 24.2 Å². The minimum absolute atomic E-state index is 0.0169. The van der Waals surface area contributed by atoms with E-state index < -0.39 is 0 Å². The first kappa shape index (κ1) is 15.6. The monoisotopic (exact) mass is 308 g/mol. The van der Waals surface area contributed by atoms with Crippen LogP contribution >= 0.6 is 0 Å². The molecule has 3 heteroatoms. The quantitative estimate of drug-likeness (QED) is 0.928. The highest BCUT2D eigenvalue weighted by Gasteiger charge is 2.12. The van der Waals surface area contributed by atoms with Crippen LogP contribution in [0.2, 0.25) is 0 Å². The lowest BCUT2D eigenvalue weighted by atomic mass is 10.1. The number of nitrogens with one attached hydrogen (secondary N) is 1. The normalized spacial score (nSPS) is 14.6. The molecule has 0 unspecified atom stereocenters. The van der Waals surface area contributed by atoms with E-state index in [1.54, 1.807) is 0 Å². The molecule has 2 aromatic rings. The maximum Gasteiger partial charge on any atom is 0.251 e. The first-order chi connectivity index (χ1) is 11.2. The second-order valence-electron chi connectivity index (χ2n) is 6.27. The van der Waals surface area contributed by atoms with Crippen LogP contribution in [0.5, 0.6) is 0 Å². The second-order valence-corrected chi connectivity index (χ2v) is 6.27. The average molecular weight is 308 g/mol. The molecule has 0 atom stereocenters. The van der Waals surface area contributed by atoms with Crippen LogP contribution in [0.15, 0.2) is 48.5 Å². The van der Waals surface area contributed by atoms with Crippen LogP contribution < -0.4 is 10.2 Å². The zero-order valence-electron chi connectivity index (χ0n) is 13.7. The molecule has 0 aliphatic carbocycles. The van der Waals surface area contributed by atoms with E-state index in [0.29, 0.717) is 6.54 Å². The molecule has 1 heterocycles. The maximum absolute atomic E-state index is 12.3. The standard InChI is InChI=1S/C20H24N2O/c1-16-6-5-7-17(14-16)15-21-20(23)18-8-10-19(11-9-18)22-12-3-2-4-13-22/h5-11,14H,2-4,12-13,15H2,1H3,(H,21,23). The van der Waals surface area contributed by atoms with Gasteiger partial charge in [0.25, 0.3) is 5.91 Å². The van der Waals surface area contributed by atoms with Gasteiger partial charge in [0.1, 0.15) is 0 Å². The van der Waals surface area contributed by atoms with Gasteiger partial charge in [-0.3, -0.25) is 4.79 Å². The molecule has 0 radical (unpaired) electrons. The molecular weight excluding hydrogens is 284 g/mol. The zero-order chi connectivity index (χ0) is 16.1. The van der Waals surface area contributed by atoms with Crippen molar-refractivity contribution < 1.29 is 4.79 Å². The summed E-state index contributed by atoms with van der Waals surface area (Å²) in [4.78, 5) is 14.7. The molecule has 3 rings (SSSR count). The highest BCUT2D eigenvalue weighted by Crippen LogP contribution is 2.20. The van der Waals surface area contributed by atoms with Gasteiger partial charge in [-0.15, -0.1) is 0 Å². The van der Waals surface area contributed by atoms with E-state index in [4.69, 9.17) is 0 Å². The van der Waals surface area contributed by atoms with Crippen molar-refractivity contribution in [3.8, 4) is 0 Å². The van der Waals surface area contributed by atoms with Crippen molar-refractivity contribution in [3.63, 3.8) is 0 Å². The molecule has 1 saturated heterocycles. The summed E-state index contributed by atoms with van der Waals surface area (Å²) in [6.45, 7) is 4.87. The molecule has 0 aromatic heterocycles. The Hall–Kier alpha value is -2.29. The van der Waals surface area contributed by atoms with Gasteiger partial charge in [0.05, 0.1) is 0 Å². The van der Waals surface area contributed by atoms with Gasteiger partial charge in [-0.25, -0.2) is 0 Å². The van der Waals surface area contributed by atoms with Crippen LogP contribution in [0.25, 0.3) is 0 Å². The van der Waals surface area contributed by atoms with E-state index in [9.17, 15) is 4.79 Å². The third kappa shape index (κ3) is 4.13. The average Bonchev–Trinajstić information content (AvgIpc) is 2.61. The van der Waals surface area contributed by atoms with Crippen LogP contribution in [0, 0.1) is 6.92 Å². The van der Waals surface area contributed by atoms with Gasteiger partial charge in [0.15, 0.2) is 0 Å². The summed E-state index contributed by atoms with van der Waals surface area (Å²) in [6, 6.07) is 16.2. The number of carbonyl (C=O) groups excluding carboxylic acids is 1. The van der Waals surface area contributed by atoms with E-state index >= 15 is 0 Å². The fourth-order valence-electron chi connectivity index (χ4n) is 3.08. The van der Waals surface area contributed by atoms with Gasteiger partial charge in [-0.1, -0.05) is 29.8 Å². The van der Waals surface area contributed by atoms with Crippen molar-refractivity contribution in [1.82, 2.24) is 5.32 Å². The predicted octanol–water partition coefficient (Wildman–Crippen LogP) is 3.92. The van der Waals surface area contributed by atoms with E-state index in [-0.39, 0.29) is 5.91 Å². The van der Waals surface area contributed by atoms with Gasteiger partial charge in [0, 0.05) is 30.9 Å². The van der Waals surface area contributed by atoms with Crippen molar-refractivity contribution in [2.24, 2.45) is 0 Å². The number of hydrogen-bond donors (Lipinski definition) is 1. The summed E-state index contributed by atoms with van der Waals surface area (Å²) in [5.74, 6) is -0.0169. The van der Waals surface area contributed by atoms with Gasteiger partial charge >= 0.3 is 0 Å². The smallest absolute Gasteiger partial charge is 0.251 e. The Labute approximate surface area is 138 Å². The first-order valence-electron chi connectivity index (χ1n) is 8.41. The van der Waals surface area contributed by atoms with Gasteiger partial charge in [-0.05, 0) is 56.0 Å². The van der Waals surface area contributed by atoms with Gasteiger partial charge in [-0.2, -0.15) is 0 Å². The molecule has 0 spiro atoms. The van der Waals surface area contributed by atoms with Crippen molar-refractivity contribution in [1.29, 1.82) is 0 Å². The summed E-state index contributed by atoms with van der Waals surface area (Å²) in [7, 11) is 0. The van der Waals surface area contributed by atoms with E-state index in [2.05, 4.69) is 41.4 Å². The topological polar surface area (TPSA) is 32.3 Å². The Morgan fingerprint density at radius 2 is 1.78 bits per heavy atom. The maximum atomic E-state index is 12.3. The number of benzene rings is 2. The SMILES string of the molecule is Cc1cccc(CNC(=O)c2ccc(N3CCCCC3)cc2)c1. The summed E-state index contributed by atoms with van der Waals surface area (Å²) >= 11 is 0. The summed E-state index contributed by atoms with van der Waals surface area (Å²) in [6.07, 6.45) is 3.85. The molecule has 120 valence electrons. The molecule has 0 bridgehead atoms. The molecule has 1 fully saturated rings. The summed E-state index contributed by atoms with van der Waals surface area (Å²) in [5, 5.41) is 2.99. The van der Waals surface area contributed by atoms with Gasteiger partial charge < -0.3 is 10.2 Å². The van der Waals surface area contributed by atoms with Crippen LogP contribution in [-0.4, -0.2) is 19.0 Å². The number of nitrogens with zero attached hydrogens (tertiary/aromatic N) is 1. The summed E-state index contributed by atoms with van der Waals surface area (Å²) < 4.78 is 0. The Bertz CT molecular complexity index is 658. The van der Waals surface area contributed by atoms with Crippen LogP contribution in [0.3, 0.4) is 0 Å². The Balaban J connectivity index is 1.59. The highest BCUT2D eigenvalue weighted by molar-refractivity contribution is 5.94. The van der Waals surface area contributed by atoms with Crippen molar-refractivity contribution in [2.75, 3.05) is 18.0 Å². The van der Waals surface area contributed by atoms with Crippen LogP contribution in [0.4, 0.5) is 5.69 Å². The number of piperidine rings is 1. The first-order valence-corrected chi connectivity index (χ1v) is 8.41. The minimum atomic E-state index is -0.0169.